The van der Waals surface area contributed by atoms with Crippen molar-refractivity contribution >= 4 is 35.0 Å². The van der Waals surface area contributed by atoms with Crippen molar-refractivity contribution in [2.75, 3.05) is 37.4 Å². The highest BCUT2D eigenvalue weighted by atomic mass is 35.5. The summed E-state index contributed by atoms with van der Waals surface area (Å²) in [4.78, 5) is 23.4. The van der Waals surface area contributed by atoms with Gasteiger partial charge in [0.05, 0.1) is 31.0 Å². The molecule has 10 heteroatoms. The molecule has 2 aliphatic carbocycles. The van der Waals surface area contributed by atoms with Crippen LogP contribution in [0.15, 0.2) is 30.5 Å². The molecular formula is C26H33ClN6O3. The first-order chi connectivity index (χ1) is 17.3. The number of amides is 1. The Balaban J connectivity index is 1.36. The lowest BCUT2D eigenvalue weighted by Gasteiger charge is -2.27. The van der Waals surface area contributed by atoms with Crippen LogP contribution in [-0.4, -0.2) is 64.8 Å². The van der Waals surface area contributed by atoms with Crippen molar-refractivity contribution in [3.8, 4) is 5.75 Å². The number of nitrogens with one attached hydrogen (secondary N) is 2. The molecule has 2 heterocycles. The van der Waals surface area contributed by atoms with Crippen LogP contribution in [0.3, 0.4) is 0 Å². The van der Waals surface area contributed by atoms with E-state index in [1.165, 1.54) is 11.1 Å². The topological polar surface area (TPSA) is 126 Å². The van der Waals surface area contributed by atoms with Crippen molar-refractivity contribution in [2.45, 2.75) is 38.3 Å². The minimum Gasteiger partial charge on any atom is -0.495 e. The Hall–Kier alpha value is -2.88. The van der Waals surface area contributed by atoms with E-state index < -0.39 is 0 Å². The molecule has 2 aromatic rings. The second kappa shape index (κ2) is 10.2. The van der Waals surface area contributed by atoms with Crippen molar-refractivity contribution in [3.63, 3.8) is 0 Å². The summed E-state index contributed by atoms with van der Waals surface area (Å²) in [5, 5.41) is 16.8. The molecule has 3 aliphatic rings. The van der Waals surface area contributed by atoms with Crippen LogP contribution in [0.4, 0.5) is 17.5 Å². The van der Waals surface area contributed by atoms with Crippen LogP contribution >= 0.6 is 11.6 Å². The molecule has 9 nitrogen and oxygen atoms in total. The number of primary amides is 1. The summed E-state index contributed by atoms with van der Waals surface area (Å²) in [7, 11) is 1.64. The van der Waals surface area contributed by atoms with Gasteiger partial charge in [-0.05, 0) is 61.3 Å². The largest absolute Gasteiger partial charge is 0.495 e. The highest BCUT2D eigenvalue weighted by molar-refractivity contribution is 6.32. The Kier molecular flexibility index (Phi) is 7.05. The minimum absolute atomic E-state index is 0.149. The number of carbonyl (C=O) groups is 1. The van der Waals surface area contributed by atoms with Crippen LogP contribution in [0.5, 0.6) is 5.75 Å². The van der Waals surface area contributed by atoms with E-state index in [4.69, 9.17) is 22.1 Å². The molecule has 5 rings (SSSR count). The first kappa shape index (κ1) is 24.8. The zero-order valence-corrected chi connectivity index (χ0v) is 21.3. The lowest BCUT2D eigenvalue weighted by Crippen LogP contribution is -2.41. The molecule has 0 spiro atoms. The number of benzene rings is 1. The van der Waals surface area contributed by atoms with Gasteiger partial charge in [-0.2, -0.15) is 4.98 Å². The number of hydrogen-bond acceptors (Lipinski definition) is 8. The molecule has 2 bridgehead atoms. The number of rotatable bonds is 8. The fourth-order valence-corrected chi connectivity index (χ4v) is 5.98. The molecule has 1 saturated carbocycles. The molecule has 36 heavy (non-hydrogen) atoms. The third kappa shape index (κ3) is 5.00. The number of aliphatic hydroxyl groups is 1. The van der Waals surface area contributed by atoms with E-state index in [1.807, 2.05) is 6.92 Å². The first-order valence-corrected chi connectivity index (χ1v) is 12.8. The van der Waals surface area contributed by atoms with E-state index in [-0.39, 0.29) is 35.8 Å². The van der Waals surface area contributed by atoms with Crippen molar-refractivity contribution in [1.29, 1.82) is 0 Å². The maximum Gasteiger partial charge on any atom is 0.229 e. The van der Waals surface area contributed by atoms with Crippen molar-refractivity contribution in [1.82, 2.24) is 14.9 Å². The molecule has 0 radical (unpaired) electrons. The molecule has 192 valence electrons. The zero-order valence-electron chi connectivity index (χ0n) is 20.6. The lowest BCUT2D eigenvalue weighted by molar-refractivity contribution is -0.122. The average Bonchev–Trinajstić information content (AvgIpc) is 3.39. The number of ether oxygens (including phenoxy) is 1. The summed E-state index contributed by atoms with van der Waals surface area (Å²) in [6, 6.07) is 4.01. The highest BCUT2D eigenvalue weighted by Gasteiger charge is 2.47. The van der Waals surface area contributed by atoms with Gasteiger partial charge < -0.3 is 31.1 Å². The fraction of sp³-hybridized carbons (Fsp3) is 0.500. The van der Waals surface area contributed by atoms with Gasteiger partial charge in [-0.25, -0.2) is 4.98 Å². The smallest absolute Gasteiger partial charge is 0.229 e. The summed E-state index contributed by atoms with van der Waals surface area (Å²) in [5.41, 5.74) is 8.95. The van der Waals surface area contributed by atoms with Gasteiger partial charge in [0.2, 0.25) is 11.9 Å². The number of aromatic nitrogens is 2. The number of allylic oxidation sites excluding steroid dienone is 1. The Bertz CT molecular complexity index is 1170. The number of β-amino-alcohol motifs (C(OH)–C–C–N with tert-alkyl or cyclic N) is 1. The summed E-state index contributed by atoms with van der Waals surface area (Å²) in [5.74, 6) is 1.32. The number of nitrogens with zero attached hydrogens (tertiary/aromatic N) is 3. The van der Waals surface area contributed by atoms with Crippen LogP contribution in [0, 0.1) is 17.8 Å². The molecule has 1 aliphatic heterocycles. The highest BCUT2D eigenvalue weighted by Crippen LogP contribution is 2.45. The maximum absolute atomic E-state index is 12.1. The molecule has 5 N–H and O–H groups in total. The van der Waals surface area contributed by atoms with Crippen LogP contribution in [0.1, 0.15) is 24.5 Å². The number of fused-ring (bicyclic) bond motifs is 3. The number of anilines is 3. The predicted octanol–water partition coefficient (Wildman–Crippen LogP) is 2.75. The van der Waals surface area contributed by atoms with E-state index in [0.29, 0.717) is 29.1 Å². The molecule has 5 atom stereocenters. The van der Waals surface area contributed by atoms with Gasteiger partial charge in [-0.3, -0.25) is 4.79 Å². The average molecular weight is 513 g/mol. The number of halogens is 1. The number of aliphatic hydroxyl groups excluding tert-OH is 1. The van der Waals surface area contributed by atoms with Crippen molar-refractivity contribution < 1.29 is 14.6 Å². The van der Waals surface area contributed by atoms with Crippen LogP contribution in [0.25, 0.3) is 0 Å². The van der Waals surface area contributed by atoms with E-state index in [0.717, 1.165) is 38.0 Å². The Morgan fingerprint density at radius 2 is 2.00 bits per heavy atom. The van der Waals surface area contributed by atoms with Crippen LogP contribution in [0.2, 0.25) is 5.02 Å². The summed E-state index contributed by atoms with van der Waals surface area (Å²) in [6.45, 7) is 4.27. The van der Waals surface area contributed by atoms with Crippen LogP contribution < -0.4 is 21.1 Å². The normalized spacial score (nSPS) is 25.8. The van der Waals surface area contributed by atoms with E-state index in [2.05, 4.69) is 49.8 Å². The molecule has 0 saturated heterocycles. The first-order valence-electron chi connectivity index (χ1n) is 12.5. The van der Waals surface area contributed by atoms with Gasteiger partial charge in [0.15, 0.2) is 5.82 Å². The standard InChI is InChI=1S/C26H33ClN6O3/c1-14(34)13-33-7-5-15-10-20(21(36-2)11-16(15)6-8-33)30-26-29-12-19(27)25(32-26)31-23-18-4-3-17(9-18)22(23)24(28)35/h3-4,10-12,14,17-18,22-23,34H,5-9,13H2,1-2H3,(H2,28,35)(H2,29,30,31,32)/t14?,17-,18+,22+,23-/m1/s1. The van der Waals surface area contributed by atoms with E-state index in [9.17, 15) is 9.90 Å². The number of nitrogens with two attached hydrogens (primary N) is 1. The molecule has 1 unspecified atom stereocenters. The Labute approximate surface area is 216 Å². The third-order valence-corrected chi connectivity index (χ3v) is 7.80. The predicted molar refractivity (Wildman–Crippen MR) is 140 cm³/mol. The van der Waals surface area contributed by atoms with Crippen LogP contribution in [-0.2, 0) is 17.6 Å². The second-order valence-electron chi connectivity index (χ2n) is 10.0. The van der Waals surface area contributed by atoms with Crippen molar-refractivity contribution in [3.05, 3.63) is 46.6 Å². The second-order valence-corrected chi connectivity index (χ2v) is 10.4. The van der Waals surface area contributed by atoms with E-state index in [1.54, 1.807) is 13.3 Å². The Morgan fingerprint density at radius 3 is 2.69 bits per heavy atom. The zero-order chi connectivity index (χ0) is 25.4. The SMILES string of the molecule is COc1cc2c(cc1Nc1ncc(Cl)c(N[C@H]3[C@@H](C(N)=O)[C@@H]4C=C[C@H]3C4)n1)CCN(CC(C)O)CC2. The molecule has 1 aromatic carbocycles. The molecule has 1 amide bonds. The lowest BCUT2D eigenvalue weighted by atomic mass is 9.88. The maximum atomic E-state index is 12.1. The Morgan fingerprint density at radius 1 is 1.28 bits per heavy atom. The third-order valence-electron chi connectivity index (χ3n) is 7.52. The van der Waals surface area contributed by atoms with E-state index >= 15 is 0 Å². The summed E-state index contributed by atoms with van der Waals surface area (Å²) < 4.78 is 5.68. The number of hydrogen-bond donors (Lipinski definition) is 4. The van der Waals surface area contributed by atoms with Gasteiger partial charge in [0.1, 0.15) is 10.8 Å². The van der Waals surface area contributed by atoms with Gasteiger partial charge in [0.25, 0.3) is 0 Å². The minimum atomic E-state index is -0.350. The van der Waals surface area contributed by atoms with Gasteiger partial charge in [0, 0.05) is 25.7 Å². The van der Waals surface area contributed by atoms with Crippen molar-refractivity contribution in [2.24, 2.45) is 23.5 Å². The summed E-state index contributed by atoms with van der Waals surface area (Å²) >= 11 is 6.43. The fourth-order valence-electron chi connectivity index (χ4n) is 5.84. The number of methoxy groups -OCH3 is 1. The monoisotopic (exact) mass is 512 g/mol. The molecule has 1 aromatic heterocycles. The van der Waals surface area contributed by atoms with Gasteiger partial charge in [-0.1, -0.05) is 23.8 Å². The molecular weight excluding hydrogens is 480 g/mol. The van der Waals surface area contributed by atoms with Gasteiger partial charge in [-0.15, -0.1) is 0 Å². The molecule has 1 fully saturated rings. The number of carbonyl (C=O) groups excluding carboxylic acids is 1. The van der Waals surface area contributed by atoms with Gasteiger partial charge >= 0.3 is 0 Å². The quantitative estimate of drug-likeness (QED) is 0.398. The summed E-state index contributed by atoms with van der Waals surface area (Å²) in [6.07, 6.45) is 8.09.